The monoisotopic (exact) mass is 665 g/mol. The molecule has 2 unspecified atom stereocenters. The summed E-state index contributed by atoms with van der Waals surface area (Å²) in [5.74, 6) is -0.511. The van der Waals surface area contributed by atoms with Gasteiger partial charge >= 0.3 is 12.6 Å². The van der Waals surface area contributed by atoms with Crippen LogP contribution in [0.4, 0.5) is 8.78 Å². The molecule has 42 heavy (non-hydrogen) atoms. The van der Waals surface area contributed by atoms with E-state index < -0.39 is 39.2 Å². The molecule has 1 aliphatic carbocycles. The summed E-state index contributed by atoms with van der Waals surface area (Å²) >= 11 is 13.6. The highest BCUT2D eigenvalue weighted by Gasteiger charge is 2.43. The largest absolute Gasteiger partial charge is 0.619 e. The molecule has 2 aromatic heterocycles. The van der Waals surface area contributed by atoms with E-state index in [1.165, 1.54) is 18.2 Å². The second-order valence-corrected chi connectivity index (χ2v) is 13.2. The van der Waals surface area contributed by atoms with Crippen LogP contribution >= 0.6 is 35.0 Å². The van der Waals surface area contributed by atoms with E-state index in [9.17, 15) is 27.2 Å². The average molecular weight is 667 g/mol. The molecular formula is C24H23Cl2F2N5O7S2. The van der Waals surface area contributed by atoms with Gasteiger partial charge in [-0.15, -0.1) is 11.8 Å². The molecule has 226 valence electrons. The normalized spacial score (nSPS) is 18.3. The van der Waals surface area contributed by atoms with Gasteiger partial charge in [0.25, 0.3) is 15.2 Å². The number of rotatable bonds is 12. The number of nitrogens with one attached hydrogen (secondary N) is 1. The van der Waals surface area contributed by atoms with Crippen LogP contribution in [0.5, 0.6) is 11.5 Å². The minimum absolute atomic E-state index is 0.00756. The number of aromatic amines is 1. The van der Waals surface area contributed by atoms with E-state index in [0.29, 0.717) is 22.0 Å². The standard InChI is InChI=1S/C24H23Cl2F2N5O7S2/c25-16-9-32(35)10-17(26)15(16)8-19(14-3-4-18(40-23(27)28)20(7-14)38-11-13-1-2-13)39-22(34)21-33(5-6-41-21)42(36,37)24-29-12-30-31-24/h3-4,7,9-10,12-13,19,21,23H,1-2,5-6,8,11H2,(H,29,30,31). The van der Waals surface area contributed by atoms with E-state index in [1.807, 2.05) is 0 Å². The molecule has 1 saturated carbocycles. The first-order valence-corrected chi connectivity index (χ1v) is 15.7. The van der Waals surface area contributed by atoms with Gasteiger partial charge in [0, 0.05) is 24.3 Å². The van der Waals surface area contributed by atoms with E-state index in [-0.39, 0.29) is 46.7 Å². The van der Waals surface area contributed by atoms with Gasteiger partial charge in [-0.25, -0.2) is 23.3 Å². The Kier molecular flexibility index (Phi) is 9.27. The molecule has 0 radical (unpaired) electrons. The van der Waals surface area contributed by atoms with Crippen molar-refractivity contribution in [2.45, 2.75) is 42.5 Å². The SMILES string of the molecule is O=C(OC(Cc1c(Cl)c[n+]([O-])cc1Cl)c1ccc(OC(F)F)c(OCC2CC2)c1)C1SCCN1S(=O)(=O)c1ncn[nH]1. The lowest BCUT2D eigenvalue weighted by molar-refractivity contribution is -0.605. The van der Waals surface area contributed by atoms with Crippen molar-refractivity contribution in [1.29, 1.82) is 0 Å². The third-order valence-corrected chi connectivity index (χ3v) is 10.1. The van der Waals surface area contributed by atoms with Gasteiger partial charge < -0.3 is 19.4 Å². The molecule has 1 N–H and O–H groups in total. The lowest BCUT2D eigenvalue weighted by Crippen LogP contribution is -2.41. The summed E-state index contributed by atoms with van der Waals surface area (Å²) in [6, 6.07) is 4.07. The Hall–Kier alpha value is -2.92. The van der Waals surface area contributed by atoms with Gasteiger partial charge in [-0.2, -0.15) is 22.9 Å². The Bertz CT molecular complexity index is 1520. The number of pyridine rings is 1. The van der Waals surface area contributed by atoms with Crippen LogP contribution in [0.3, 0.4) is 0 Å². The quantitative estimate of drug-likeness (QED) is 0.172. The Labute approximate surface area is 252 Å². The maximum Gasteiger partial charge on any atom is 0.387 e. The first kappa shape index (κ1) is 30.5. The summed E-state index contributed by atoms with van der Waals surface area (Å²) in [6.07, 6.45) is 3.77. The highest BCUT2D eigenvalue weighted by Crippen LogP contribution is 2.39. The van der Waals surface area contributed by atoms with Crippen LogP contribution in [0.15, 0.2) is 42.1 Å². The maximum atomic E-state index is 13.5. The van der Waals surface area contributed by atoms with Crippen LogP contribution in [0.25, 0.3) is 0 Å². The Morgan fingerprint density at radius 3 is 2.62 bits per heavy atom. The van der Waals surface area contributed by atoms with Crippen molar-refractivity contribution >= 4 is 51.0 Å². The van der Waals surface area contributed by atoms with Crippen LogP contribution in [0.1, 0.15) is 30.1 Å². The van der Waals surface area contributed by atoms with Crippen LogP contribution in [0.2, 0.25) is 10.0 Å². The van der Waals surface area contributed by atoms with Crippen LogP contribution < -0.4 is 14.2 Å². The lowest BCUT2D eigenvalue weighted by atomic mass is 10.0. The van der Waals surface area contributed by atoms with Crippen LogP contribution in [-0.4, -0.2) is 64.8 Å². The molecule has 1 aromatic carbocycles. The third kappa shape index (κ3) is 6.99. The fourth-order valence-corrected chi connectivity index (χ4v) is 7.64. The van der Waals surface area contributed by atoms with Crippen molar-refractivity contribution < 1.29 is 40.9 Å². The van der Waals surface area contributed by atoms with E-state index >= 15 is 0 Å². The summed E-state index contributed by atoms with van der Waals surface area (Å²) in [5, 5.41) is 15.9. The van der Waals surface area contributed by atoms with Gasteiger partial charge in [0.15, 0.2) is 29.3 Å². The number of hydrogen-bond donors (Lipinski definition) is 1. The third-order valence-electron chi connectivity index (χ3n) is 6.43. The number of esters is 1. The topological polar surface area (TPSA) is 151 Å². The number of carbonyl (C=O) groups excluding carboxylic acids is 1. The van der Waals surface area contributed by atoms with E-state index in [1.54, 1.807) is 0 Å². The van der Waals surface area contributed by atoms with Gasteiger partial charge in [0.1, 0.15) is 22.5 Å². The predicted octanol–water partition coefficient (Wildman–Crippen LogP) is 3.73. The number of H-pyrrole nitrogens is 1. The maximum absolute atomic E-state index is 13.5. The Morgan fingerprint density at radius 2 is 1.98 bits per heavy atom. The summed E-state index contributed by atoms with van der Waals surface area (Å²) in [6.45, 7) is -2.82. The van der Waals surface area contributed by atoms with Gasteiger partial charge in [0.05, 0.1) is 6.61 Å². The van der Waals surface area contributed by atoms with Gasteiger partial charge in [-0.3, -0.25) is 0 Å². The molecule has 3 heterocycles. The van der Waals surface area contributed by atoms with Crippen molar-refractivity contribution in [1.82, 2.24) is 19.5 Å². The second-order valence-electron chi connectivity index (χ2n) is 9.39. The Morgan fingerprint density at radius 1 is 1.24 bits per heavy atom. The predicted molar refractivity (Wildman–Crippen MR) is 146 cm³/mol. The van der Waals surface area contributed by atoms with Crippen molar-refractivity contribution in [3.8, 4) is 11.5 Å². The molecule has 0 spiro atoms. The molecule has 2 fully saturated rings. The number of alkyl halides is 2. The zero-order chi connectivity index (χ0) is 30.0. The average Bonchev–Trinajstić information content (AvgIpc) is 3.36. The highest BCUT2D eigenvalue weighted by molar-refractivity contribution is 8.02. The van der Waals surface area contributed by atoms with E-state index in [0.717, 1.165) is 47.6 Å². The number of hydrogen-bond acceptors (Lipinski definition) is 10. The molecule has 18 heteroatoms. The number of nitrogens with zero attached hydrogens (tertiary/aromatic N) is 4. The Balaban J connectivity index is 1.47. The first-order valence-electron chi connectivity index (χ1n) is 12.5. The van der Waals surface area contributed by atoms with Crippen LogP contribution in [-0.2, 0) is 26.0 Å². The second kappa shape index (κ2) is 12.8. The molecule has 12 nitrogen and oxygen atoms in total. The van der Waals surface area contributed by atoms with Crippen molar-refractivity contribution in [2.75, 3.05) is 18.9 Å². The summed E-state index contributed by atoms with van der Waals surface area (Å²) < 4.78 is 70.0. The summed E-state index contributed by atoms with van der Waals surface area (Å²) in [4.78, 5) is 17.2. The first-order chi connectivity index (χ1) is 20.0. The molecular weight excluding hydrogens is 643 g/mol. The highest BCUT2D eigenvalue weighted by atomic mass is 35.5. The number of ether oxygens (including phenoxy) is 3. The van der Waals surface area contributed by atoms with E-state index in [2.05, 4.69) is 19.9 Å². The minimum Gasteiger partial charge on any atom is -0.619 e. The summed E-state index contributed by atoms with van der Waals surface area (Å²) in [7, 11) is -4.21. The summed E-state index contributed by atoms with van der Waals surface area (Å²) in [5.41, 5.74) is 0.566. The molecule has 1 saturated heterocycles. The fraction of sp³-hybridized carbons (Fsp3) is 0.417. The molecule has 0 amide bonds. The zero-order valence-electron chi connectivity index (χ0n) is 21.5. The van der Waals surface area contributed by atoms with Crippen LogP contribution in [0, 0.1) is 11.1 Å². The molecule has 3 aromatic rings. The van der Waals surface area contributed by atoms with Crippen molar-refractivity contribution in [2.24, 2.45) is 5.92 Å². The minimum atomic E-state index is -4.21. The number of benzene rings is 1. The smallest absolute Gasteiger partial charge is 0.387 e. The molecule has 2 atom stereocenters. The van der Waals surface area contributed by atoms with Gasteiger partial charge in [-0.05, 0) is 36.5 Å². The van der Waals surface area contributed by atoms with Gasteiger partial charge in [0.2, 0.25) is 0 Å². The lowest BCUT2D eigenvalue weighted by Gasteiger charge is -2.25. The van der Waals surface area contributed by atoms with Crippen molar-refractivity contribution in [3.05, 3.63) is 63.3 Å². The van der Waals surface area contributed by atoms with Gasteiger partial charge in [-0.1, -0.05) is 29.3 Å². The molecule has 1 aliphatic heterocycles. The van der Waals surface area contributed by atoms with Crippen molar-refractivity contribution in [3.63, 3.8) is 0 Å². The number of sulfonamides is 1. The number of thioether (sulfide) groups is 1. The molecule has 0 bridgehead atoms. The fourth-order valence-electron chi connectivity index (χ4n) is 4.18. The number of carbonyl (C=O) groups is 1. The molecule has 2 aliphatic rings. The number of aromatic nitrogens is 4. The zero-order valence-corrected chi connectivity index (χ0v) is 24.6. The van der Waals surface area contributed by atoms with E-state index in [4.69, 9.17) is 32.7 Å². The number of halogens is 4. The molecule has 5 rings (SSSR count).